The highest BCUT2D eigenvalue weighted by Crippen LogP contribution is 2.24. The summed E-state index contributed by atoms with van der Waals surface area (Å²) in [6.07, 6.45) is 10.0. The van der Waals surface area contributed by atoms with Gasteiger partial charge in [-0.25, -0.2) is 4.98 Å². The van der Waals surface area contributed by atoms with Gasteiger partial charge in [0.05, 0.1) is 12.3 Å². The van der Waals surface area contributed by atoms with Crippen LogP contribution >= 0.6 is 24.0 Å². The fourth-order valence-corrected chi connectivity index (χ4v) is 4.41. The molecule has 0 saturated carbocycles. The lowest BCUT2D eigenvalue weighted by molar-refractivity contribution is 0.146. The first kappa shape index (κ1) is 23.8. The summed E-state index contributed by atoms with van der Waals surface area (Å²) in [5, 5.41) is 6.96. The predicted octanol–water partition coefficient (Wildman–Crippen LogP) is 3.79. The molecule has 1 unspecified atom stereocenters. The molecule has 0 amide bonds. The van der Waals surface area contributed by atoms with E-state index in [1.807, 2.05) is 19.3 Å². The third-order valence-corrected chi connectivity index (χ3v) is 6.09. The molecule has 0 spiro atoms. The van der Waals surface area contributed by atoms with E-state index in [9.17, 15) is 0 Å². The monoisotopic (exact) mass is 538 g/mol. The minimum atomic E-state index is 0. The van der Waals surface area contributed by atoms with E-state index in [1.54, 1.807) is 6.26 Å². The number of pyridine rings is 1. The van der Waals surface area contributed by atoms with Crippen molar-refractivity contribution in [1.82, 2.24) is 20.5 Å². The molecular formula is C23H35IN6O. The lowest BCUT2D eigenvalue weighted by atomic mass is 10.1. The van der Waals surface area contributed by atoms with E-state index in [2.05, 4.69) is 48.6 Å². The minimum Gasteiger partial charge on any atom is -0.468 e. The van der Waals surface area contributed by atoms with Crippen molar-refractivity contribution in [3.63, 3.8) is 0 Å². The van der Waals surface area contributed by atoms with Gasteiger partial charge >= 0.3 is 0 Å². The van der Waals surface area contributed by atoms with Gasteiger partial charge in [-0.15, -0.1) is 24.0 Å². The van der Waals surface area contributed by atoms with Gasteiger partial charge in [-0.1, -0.05) is 6.42 Å². The highest BCUT2D eigenvalue weighted by atomic mass is 127. The largest absolute Gasteiger partial charge is 0.468 e. The van der Waals surface area contributed by atoms with Crippen LogP contribution in [0.3, 0.4) is 0 Å². The Morgan fingerprint density at radius 1 is 1.10 bits per heavy atom. The molecule has 31 heavy (non-hydrogen) atoms. The highest BCUT2D eigenvalue weighted by Gasteiger charge is 2.24. The Morgan fingerprint density at radius 2 is 1.87 bits per heavy atom. The Labute approximate surface area is 202 Å². The lowest BCUT2D eigenvalue weighted by Gasteiger charge is -2.33. The molecule has 170 valence electrons. The van der Waals surface area contributed by atoms with E-state index >= 15 is 0 Å². The van der Waals surface area contributed by atoms with E-state index in [1.165, 1.54) is 37.7 Å². The standard InChI is InChI=1S/C23H34N6O.HI/c1-24-23(26-17-19-9-10-25-22(16-19)29-13-5-6-14-29)27-18-20(21-8-7-15-30-21)28-11-3-2-4-12-28;/h7-10,15-16,20H,2-6,11-14,17-18H2,1H3,(H2,24,26,27);1H. The molecule has 0 radical (unpaired) electrons. The first-order valence-corrected chi connectivity index (χ1v) is 11.3. The zero-order valence-corrected chi connectivity index (χ0v) is 20.8. The molecule has 7 nitrogen and oxygen atoms in total. The van der Waals surface area contributed by atoms with Crippen molar-refractivity contribution in [3.05, 3.63) is 48.0 Å². The Bertz CT molecular complexity index is 800. The van der Waals surface area contributed by atoms with Crippen LogP contribution in [0.2, 0.25) is 0 Å². The van der Waals surface area contributed by atoms with Crippen molar-refractivity contribution in [2.75, 3.05) is 44.7 Å². The van der Waals surface area contributed by atoms with Crippen LogP contribution in [0.25, 0.3) is 0 Å². The number of anilines is 1. The van der Waals surface area contributed by atoms with Gasteiger partial charge in [-0.3, -0.25) is 9.89 Å². The fourth-order valence-electron chi connectivity index (χ4n) is 4.41. The van der Waals surface area contributed by atoms with Crippen molar-refractivity contribution < 1.29 is 4.42 Å². The first-order valence-electron chi connectivity index (χ1n) is 11.3. The summed E-state index contributed by atoms with van der Waals surface area (Å²) in [6.45, 7) is 5.95. The van der Waals surface area contributed by atoms with Crippen LogP contribution in [-0.2, 0) is 6.54 Å². The Hall–Kier alpha value is -1.81. The Kier molecular flexibility index (Phi) is 9.45. The van der Waals surface area contributed by atoms with Crippen LogP contribution in [0.15, 0.2) is 46.1 Å². The van der Waals surface area contributed by atoms with Crippen molar-refractivity contribution >= 4 is 35.8 Å². The van der Waals surface area contributed by atoms with Crippen molar-refractivity contribution in [3.8, 4) is 0 Å². The molecule has 1 atom stereocenters. The van der Waals surface area contributed by atoms with Crippen LogP contribution in [0.4, 0.5) is 5.82 Å². The van der Waals surface area contributed by atoms with Gasteiger partial charge < -0.3 is 20.0 Å². The normalized spacial score (nSPS) is 18.5. The number of aliphatic imine (C=N–C) groups is 1. The molecule has 2 N–H and O–H groups in total. The molecule has 2 aliphatic rings. The van der Waals surface area contributed by atoms with E-state index in [-0.39, 0.29) is 30.0 Å². The minimum absolute atomic E-state index is 0. The molecule has 0 aliphatic carbocycles. The van der Waals surface area contributed by atoms with Crippen molar-refractivity contribution in [1.29, 1.82) is 0 Å². The molecule has 2 aromatic rings. The van der Waals surface area contributed by atoms with E-state index in [4.69, 9.17) is 4.42 Å². The summed E-state index contributed by atoms with van der Waals surface area (Å²) in [5.41, 5.74) is 1.22. The molecule has 2 aliphatic heterocycles. The number of nitrogens with zero attached hydrogens (tertiary/aromatic N) is 4. The second-order valence-electron chi connectivity index (χ2n) is 8.15. The molecule has 4 heterocycles. The average molecular weight is 538 g/mol. The van der Waals surface area contributed by atoms with Crippen molar-refractivity contribution in [2.24, 2.45) is 4.99 Å². The van der Waals surface area contributed by atoms with Gasteiger partial charge in [0.1, 0.15) is 11.6 Å². The number of likely N-dealkylation sites (tertiary alicyclic amines) is 1. The smallest absolute Gasteiger partial charge is 0.191 e. The van der Waals surface area contributed by atoms with Gasteiger partial charge in [0.15, 0.2) is 5.96 Å². The number of piperidine rings is 1. The molecule has 4 rings (SSSR count). The maximum absolute atomic E-state index is 5.75. The average Bonchev–Trinajstić information content (AvgIpc) is 3.52. The summed E-state index contributed by atoms with van der Waals surface area (Å²) in [5.74, 6) is 2.91. The number of halogens is 1. The maximum atomic E-state index is 5.75. The second-order valence-corrected chi connectivity index (χ2v) is 8.15. The summed E-state index contributed by atoms with van der Waals surface area (Å²) in [7, 11) is 1.82. The second kappa shape index (κ2) is 12.3. The maximum Gasteiger partial charge on any atom is 0.191 e. The van der Waals surface area contributed by atoms with Gasteiger partial charge in [-0.2, -0.15) is 0 Å². The number of hydrogen-bond acceptors (Lipinski definition) is 5. The van der Waals surface area contributed by atoms with Gasteiger partial charge in [0, 0.05) is 39.4 Å². The van der Waals surface area contributed by atoms with Gasteiger partial charge in [0.2, 0.25) is 0 Å². The number of hydrogen-bond donors (Lipinski definition) is 2. The lowest BCUT2D eigenvalue weighted by Crippen LogP contribution is -2.44. The molecule has 0 bridgehead atoms. The molecule has 2 aromatic heterocycles. The zero-order valence-electron chi connectivity index (χ0n) is 18.4. The molecule has 0 aromatic carbocycles. The van der Waals surface area contributed by atoms with E-state index in [0.29, 0.717) is 0 Å². The third kappa shape index (κ3) is 6.58. The summed E-state index contributed by atoms with van der Waals surface area (Å²) in [6, 6.07) is 8.53. The molecular weight excluding hydrogens is 503 g/mol. The van der Waals surface area contributed by atoms with Crippen LogP contribution < -0.4 is 15.5 Å². The van der Waals surface area contributed by atoms with Gasteiger partial charge in [0.25, 0.3) is 0 Å². The Balaban J connectivity index is 0.00000272. The quantitative estimate of drug-likeness (QED) is 0.318. The molecule has 8 heteroatoms. The van der Waals surface area contributed by atoms with Crippen molar-refractivity contribution in [2.45, 2.75) is 44.7 Å². The summed E-state index contributed by atoms with van der Waals surface area (Å²) in [4.78, 5) is 13.9. The number of guanidine groups is 1. The molecule has 2 fully saturated rings. The number of rotatable bonds is 7. The zero-order chi connectivity index (χ0) is 20.6. The predicted molar refractivity (Wildman–Crippen MR) is 136 cm³/mol. The van der Waals surface area contributed by atoms with Crippen LogP contribution in [0.1, 0.15) is 49.5 Å². The van der Waals surface area contributed by atoms with E-state index in [0.717, 1.165) is 56.8 Å². The van der Waals surface area contributed by atoms with Crippen LogP contribution in [0, 0.1) is 0 Å². The van der Waals surface area contributed by atoms with Crippen LogP contribution in [0.5, 0.6) is 0 Å². The SMILES string of the molecule is CN=C(NCc1ccnc(N2CCCC2)c1)NCC(c1ccco1)N1CCCCC1.I. The summed E-state index contributed by atoms with van der Waals surface area (Å²) < 4.78 is 5.75. The van der Waals surface area contributed by atoms with Gasteiger partial charge in [-0.05, 0) is 68.6 Å². The third-order valence-electron chi connectivity index (χ3n) is 6.09. The number of nitrogens with one attached hydrogen (secondary N) is 2. The topological polar surface area (TPSA) is 68.9 Å². The van der Waals surface area contributed by atoms with E-state index < -0.39 is 0 Å². The highest BCUT2D eigenvalue weighted by molar-refractivity contribution is 14.0. The number of furan rings is 1. The van der Waals surface area contributed by atoms with Crippen LogP contribution in [-0.4, -0.2) is 55.6 Å². The fraction of sp³-hybridized carbons (Fsp3) is 0.565. The molecule has 2 saturated heterocycles. The first-order chi connectivity index (χ1) is 14.8. The summed E-state index contributed by atoms with van der Waals surface area (Å²) >= 11 is 0. The Morgan fingerprint density at radius 3 is 2.58 bits per heavy atom. The number of aromatic nitrogens is 1.